The molecule has 1 aliphatic heterocycles. The number of carbonyl (C=O) groups excluding carboxylic acids is 1. The summed E-state index contributed by atoms with van der Waals surface area (Å²) < 4.78 is 0. The van der Waals surface area contributed by atoms with Gasteiger partial charge in [0.15, 0.2) is 11.6 Å². The maximum Gasteiger partial charge on any atom is 0.230 e. The van der Waals surface area contributed by atoms with Crippen LogP contribution in [0.25, 0.3) is 11.0 Å². The summed E-state index contributed by atoms with van der Waals surface area (Å²) in [5, 5.41) is 3.53. The van der Waals surface area contributed by atoms with Gasteiger partial charge >= 0.3 is 0 Å². The first-order valence-electron chi connectivity index (χ1n) is 8.76. The van der Waals surface area contributed by atoms with E-state index in [1.165, 1.54) is 0 Å². The second-order valence-electron chi connectivity index (χ2n) is 6.40. The van der Waals surface area contributed by atoms with Gasteiger partial charge in [0, 0.05) is 18.1 Å². The van der Waals surface area contributed by atoms with Crippen LogP contribution in [0.3, 0.4) is 0 Å². The molecular weight excluding hydrogens is 348 g/mol. The predicted molar refractivity (Wildman–Crippen MR) is 105 cm³/mol. The van der Waals surface area contributed by atoms with Crippen molar-refractivity contribution in [2.24, 2.45) is 0 Å². The molecule has 1 fully saturated rings. The van der Waals surface area contributed by atoms with Crippen molar-refractivity contribution >= 4 is 40.2 Å². The summed E-state index contributed by atoms with van der Waals surface area (Å²) in [4.78, 5) is 24.2. The Morgan fingerprint density at radius 1 is 1.00 bits per heavy atom. The summed E-state index contributed by atoms with van der Waals surface area (Å²) >= 11 is 6.17. The van der Waals surface area contributed by atoms with E-state index in [2.05, 4.69) is 15.2 Å². The lowest BCUT2D eigenvalue weighted by atomic mass is 10.1. The first-order chi connectivity index (χ1) is 12.7. The van der Waals surface area contributed by atoms with Gasteiger partial charge < -0.3 is 10.2 Å². The fourth-order valence-electron chi connectivity index (χ4n) is 3.21. The van der Waals surface area contributed by atoms with Crippen molar-refractivity contribution in [3.05, 3.63) is 59.1 Å². The molecule has 0 radical (unpaired) electrons. The van der Waals surface area contributed by atoms with Crippen LogP contribution in [0.5, 0.6) is 0 Å². The van der Waals surface area contributed by atoms with Crippen LogP contribution in [-0.2, 0) is 11.2 Å². The van der Waals surface area contributed by atoms with Gasteiger partial charge in [-0.25, -0.2) is 9.97 Å². The highest BCUT2D eigenvalue weighted by molar-refractivity contribution is 6.31. The number of nitrogens with one attached hydrogen (secondary N) is 1. The minimum atomic E-state index is -0.150. The number of hydrogen-bond acceptors (Lipinski definition) is 4. The average Bonchev–Trinajstić information content (AvgIpc) is 3.17. The van der Waals surface area contributed by atoms with Crippen LogP contribution >= 0.6 is 11.6 Å². The Hall–Kier alpha value is -2.66. The Morgan fingerprint density at radius 3 is 2.38 bits per heavy atom. The van der Waals surface area contributed by atoms with Crippen LogP contribution in [0.1, 0.15) is 18.4 Å². The number of halogens is 1. The van der Waals surface area contributed by atoms with Gasteiger partial charge in [-0.1, -0.05) is 41.9 Å². The molecule has 132 valence electrons. The van der Waals surface area contributed by atoms with Gasteiger partial charge in [0.05, 0.1) is 17.5 Å². The lowest BCUT2D eigenvalue weighted by Gasteiger charge is -2.20. The maximum absolute atomic E-state index is 12.6. The molecule has 1 amide bonds. The van der Waals surface area contributed by atoms with E-state index >= 15 is 0 Å². The Kier molecular flexibility index (Phi) is 4.71. The van der Waals surface area contributed by atoms with Gasteiger partial charge in [0.25, 0.3) is 0 Å². The Bertz CT molecular complexity index is 953. The first kappa shape index (κ1) is 16.8. The van der Waals surface area contributed by atoms with Crippen molar-refractivity contribution in [2.45, 2.75) is 19.3 Å². The lowest BCUT2D eigenvalue weighted by Crippen LogP contribution is -2.24. The summed E-state index contributed by atoms with van der Waals surface area (Å²) in [7, 11) is 0. The van der Waals surface area contributed by atoms with Gasteiger partial charge in [-0.2, -0.15) is 0 Å². The molecule has 0 saturated carbocycles. The monoisotopic (exact) mass is 366 g/mol. The van der Waals surface area contributed by atoms with Crippen LogP contribution in [0.4, 0.5) is 11.6 Å². The Labute approximate surface area is 157 Å². The molecule has 0 spiro atoms. The summed E-state index contributed by atoms with van der Waals surface area (Å²) in [6.07, 6.45) is 2.46. The van der Waals surface area contributed by atoms with Crippen LogP contribution in [0.2, 0.25) is 5.02 Å². The van der Waals surface area contributed by atoms with Crippen LogP contribution in [0.15, 0.2) is 48.5 Å². The molecule has 1 saturated heterocycles. The minimum Gasteiger partial charge on any atom is -0.354 e. The quantitative estimate of drug-likeness (QED) is 0.756. The standard InChI is InChI=1S/C20H19ClN4O/c21-15-8-2-1-7-14(15)13-18(26)24-19-20(25-11-5-6-12-25)23-17-10-4-3-9-16(17)22-19/h1-4,7-10H,5-6,11-13H2,(H,22,24,26). The van der Waals surface area contributed by atoms with Gasteiger partial charge in [-0.3, -0.25) is 4.79 Å². The first-order valence-corrected chi connectivity index (χ1v) is 9.13. The summed E-state index contributed by atoms with van der Waals surface area (Å²) in [6.45, 7) is 1.86. The molecule has 0 atom stereocenters. The van der Waals surface area contributed by atoms with Crippen LogP contribution in [0, 0.1) is 0 Å². The van der Waals surface area contributed by atoms with Crippen molar-refractivity contribution in [1.29, 1.82) is 0 Å². The molecule has 5 nitrogen and oxygen atoms in total. The molecule has 1 aromatic heterocycles. The van der Waals surface area contributed by atoms with Gasteiger partial charge in [-0.05, 0) is 36.6 Å². The highest BCUT2D eigenvalue weighted by atomic mass is 35.5. The molecule has 2 aromatic carbocycles. The second kappa shape index (κ2) is 7.30. The van der Waals surface area contributed by atoms with E-state index in [0.717, 1.165) is 48.3 Å². The van der Waals surface area contributed by atoms with E-state index in [1.54, 1.807) is 6.07 Å². The second-order valence-corrected chi connectivity index (χ2v) is 6.80. The largest absolute Gasteiger partial charge is 0.354 e. The topological polar surface area (TPSA) is 58.1 Å². The third-order valence-electron chi connectivity index (χ3n) is 4.52. The molecule has 1 aliphatic rings. The smallest absolute Gasteiger partial charge is 0.230 e. The van der Waals surface area contributed by atoms with Crippen molar-refractivity contribution in [3.63, 3.8) is 0 Å². The molecular formula is C20H19ClN4O. The fraction of sp³-hybridized carbons (Fsp3) is 0.250. The van der Waals surface area contributed by atoms with E-state index in [4.69, 9.17) is 16.6 Å². The fourth-order valence-corrected chi connectivity index (χ4v) is 3.42. The van der Waals surface area contributed by atoms with Crippen molar-refractivity contribution in [1.82, 2.24) is 9.97 Å². The third kappa shape index (κ3) is 3.48. The minimum absolute atomic E-state index is 0.150. The van der Waals surface area contributed by atoms with E-state index < -0.39 is 0 Å². The Morgan fingerprint density at radius 2 is 1.65 bits per heavy atom. The number of benzene rings is 2. The average molecular weight is 367 g/mol. The molecule has 6 heteroatoms. The molecule has 0 bridgehead atoms. The van der Waals surface area contributed by atoms with E-state index in [-0.39, 0.29) is 12.3 Å². The number of amides is 1. The molecule has 0 aliphatic carbocycles. The molecule has 2 heterocycles. The highest BCUT2D eigenvalue weighted by Gasteiger charge is 2.21. The SMILES string of the molecule is O=C(Cc1ccccc1Cl)Nc1nc2ccccc2nc1N1CCCC1. The zero-order valence-corrected chi connectivity index (χ0v) is 15.0. The zero-order valence-electron chi connectivity index (χ0n) is 14.3. The van der Waals surface area contributed by atoms with E-state index in [9.17, 15) is 4.79 Å². The van der Waals surface area contributed by atoms with Gasteiger partial charge in [0.1, 0.15) is 0 Å². The molecule has 3 aromatic rings. The van der Waals surface area contributed by atoms with E-state index in [1.807, 2.05) is 42.5 Å². The van der Waals surface area contributed by atoms with E-state index in [0.29, 0.717) is 10.8 Å². The molecule has 1 N–H and O–H groups in total. The summed E-state index contributed by atoms with van der Waals surface area (Å²) in [6, 6.07) is 15.1. The number of nitrogens with zero attached hydrogens (tertiary/aromatic N) is 3. The number of hydrogen-bond donors (Lipinski definition) is 1. The molecule has 4 rings (SSSR count). The zero-order chi connectivity index (χ0) is 17.9. The number of para-hydroxylation sites is 2. The van der Waals surface area contributed by atoms with Crippen LogP contribution < -0.4 is 10.2 Å². The Balaban J connectivity index is 1.64. The third-order valence-corrected chi connectivity index (χ3v) is 4.89. The lowest BCUT2D eigenvalue weighted by molar-refractivity contribution is -0.115. The summed E-state index contributed by atoms with van der Waals surface area (Å²) in [5.74, 6) is 1.11. The van der Waals surface area contributed by atoms with Crippen molar-refractivity contribution in [3.8, 4) is 0 Å². The van der Waals surface area contributed by atoms with Crippen LogP contribution in [-0.4, -0.2) is 29.0 Å². The molecule has 0 unspecified atom stereocenters. The number of anilines is 2. The van der Waals surface area contributed by atoms with Gasteiger partial charge in [0.2, 0.25) is 5.91 Å². The highest BCUT2D eigenvalue weighted by Crippen LogP contribution is 2.28. The number of fused-ring (bicyclic) bond motifs is 1. The van der Waals surface area contributed by atoms with Gasteiger partial charge in [-0.15, -0.1) is 0 Å². The normalized spacial score (nSPS) is 14.0. The number of aromatic nitrogens is 2. The number of rotatable bonds is 4. The van der Waals surface area contributed by atoms with Crippen molar-refractivity contribution < 1.29 is 4.79 Å². The van der Waals surface area contributed by atoms with Crippen molar-refractivity contribution in [2.75, 3.05) is 23.3 Å². The maximum atomic E-state index is 12.6. The molecule has 26 heavy (non-hydrogen) atoms. The summed E-state index contributed by atoms with van der Waals surface area (Å²) in [5.41, 5.74) is 2.39. The predicted octanol–water partition coefficient (Wildman–Crippen LogP) is 4.06. The number of carbonyl (C=O) groups is 1.